The molecule has 0 spiro atoms. The van der Waals surface area contributed by atoms with E-state index in [-0.39, 0.29) is 23.0 Å². The van der Waals surface area contributed by atoms with Crippen LogP contribution in [0.2, 0.25) is 0 Å². The number of hydrogen-bond acceptors (Lipinski definition) is 6. The zero-order valence-electron chi connectivity index (χ0n) is 14.8. The molecular formula is C18H16F2N2O4S. The van der Waals surface area contributed by atoms with E-state index in [2.05, 4.69) is 10.3 Å². The molecule has 1 amide bonds. The molecule has 1 heterocycles. The Kier molecular flexibility index (Phi) is 5.41. The minimum Gasteiger partial charge on any atom is -0.493 e. The molecule has 0 atom stereocenters. The summed E-state index contributed by atoms with van der Waals surface area (Å²) in [5.41, 5.74) is 0.643. The topological polar surface area (TPSA) is 69.7 Å². The maximum absolute atomic E-state index is 13.7. The van der Waals surface area contributed by atoms with E-state index < -0.39 is 11.6 Å². The van der Waals surface area contributed by atoms with Crippen molar-refractivity contribution in [3.63, 3.8) is 0 Å². The van der Waals surface area contributed by atoms with E-state index in [9.17, 15) is 13.6 Å². The number of anilines is 1. The molecule has 0 aliphatic rings. The summed E-state index contributed by atoms with van der Waals surface area (Å²) in [6, 6.07) is 5.25. The maximum atomic E-state index is 13.7. The van der Waals surface area contributed by atoms with Gasteiger partial charge in [0.15, 0.2) is 22.4 Å². The van der Waals surface area contributed by atoms with Crippen molar-refractivity contribution in [1.29, 1.82) is 0 Å². The molecule has 3 rings (SSSR count). The summed E-state index contributed by atoms with van der Waals surface area (Å²) in [5, 5.41) is 2.78. The molecule has 0 aliphatic carbocycles. The number of ether oxygens (including phenoxy) is 3. The van der Waals surface area contributed by atoms with E-state index in [4.69, 9.17) is 14.2 Å². The molecular weight excluding hydrogens is 378 g/mol. The number of fused-ring (bicyclic) bond motifs is 1. The third-order valence-electron chi connectivity index (χ3n) is 3.75. The SMILES string of the molecule is COc1cc(CC(=O)Nc2nc3c(F)cc(F)cc3s2)cc(OC)c1OC. The third-order valence-corrected chi connectivity index (χ3v) is 4.67. The summed E-state index contributed by atoms with van der Waals surface area (Å²) in [6.45, 7) is 0. The second kappa shape index (κ2) is 7.75. The van der Waals surface area contributed by atoms with E-state index in [1.165, 1.54) is 27.4 Å². The fourth-order valence-electron chi connectivity index (χ4n) is 2.60. The molecule has 142 valence electrons. The van der Waals surface area contributed by atoms with Crippen LogP contribution in [0.15, 0.2) is 24.3 Å². The number of carbonyl (C=O) groups is 1. The van der Waals surface area contributed by atoms with E-state index in [1.54, 1.807) is 12.1 Å². The highest BCUT2D eigenvalue weighted by atomic mass is 32.1. The Balaban J connectivity index is 1.81. The molecule has 0 fully saturated rings. The van der Waals surface area contributed by atoms with E-state index in [0.29, 0.717) is 27.5 Å². The standard InChI is InChI=1S/C18H16F2N2O4S/c1-24-12-4-9(5-13(25-2)17(12)26-3)6-15(23)21-18-22-16-11(20)7-10(19)8-14(16)27-18/h4-5,7-8H,6H2,1-3H3,(H,21,22,23). The highest BCUT2D eigenvalue weighted by Gasteiger charge is 2.16. The first-order valence-electron chi connectivity index (χ1n) is 7.79. The molecule has 6 nitrogen and oxygen atoms in total. The number of hydrogen-bond donors (Lipinski definition) is 1. The number of carbonyl (C=O) groups excluding carboxylic acids is 1. The largest absolute Gasteiger partial charge is 0.493 e. The zero-order valence-corrected chi connectivity index (χ0v) is 15.6. The van der Waals surface area contributed by atoms with Gasteiger partial charge in [0.2, 0.25) is 11.7 Å². The number of amides is 1. The van der Waals surface area contributed by atoms with Gasteiger partial charge < -0.3 is 19.5 Å². The number of nitrogens with zero attached hydrogens (tertiary/aromatic N) is 1. The second-order valence-corrected chi connectivity index (χ2v) is 6.54. The maximum Gasteiger partial charge on any atom is 0.230 e. The fraction of sp³-hybridized carbons (Fsp3) is 0.222. The Bertz CT molecular complexity index is 981. The van der Waals surface area contributed by atoms with Crippen molar-refractivity contribution in [1.82, 2.24) is 4.98 Å². The van der Waals surface area contributed by atoms with Crippen molar-refractivity contribution in [3.05, 3.63) is 41.5 Å². The van der Waals surface area contributed by atoms with Crippen LogP contribution in [0.5, 0.6) is 17.2 Å². The summed E-state index contributed by atoms with van der Waals surface area (Å²) >= 11 is 0.993. The zero-order chi connectivity index (χ0) is 19.6. The number of halogens is 2. The van der Waals surface area contributed by atoms with E-state index in [0.717, 1.165) is 17.4 Å². The molecule has 2 aromatic carbocycles. The molecule has 1 aromatic heterocycles. The van der Waals surface area contributed by atoms with Gasteiger partial charge in [-0.1, -0.05) is 11.3 Å². The van der Waals surface area contributed by atoms with Crippen LogP contribution < -0.4 is 19.5 Å². The molecule has 9 heteroatoms. The molecule has 0 saturated heterocycles. The highest BCUT2D eigenvalue weighted by Crippen LogP contribution is 2.38. The lowest BCUT2D eigenvalue weighted by Crippen LogP contribution is -2.14. The summed E-state index contributed by atoms with van der Waals surface area (Å²) in [4.78, 5) is 16.3. The number of nitrogens with one attached hydrogen (secondary N) is 1. The fourth-order valence-corrected chi connectivity index (χ4v) is 3.52. The molecule has 0 unspecified atom stereocenters. The van der Waals surface area contributed by atoms with Gasteiger partial charge >= 0.3 is 0 Å². The Morgan fingerprint density at radius 1 is 1.07 bits per heavy atom. The quantitative estimate of drug-likeness (QED) is 0.689. The van der Waals surface area contributed by atoms with Crippen molar-refractivity contribution in [2.75, 3.05) is 26.6 Å². The lowest BCUT2D eigenvalue weighted by atomic mass is 10.1. The first-order chi connectivity index (χ1) is 12.9. The predicted molar refractivity (Wildman–Crippen MR) is 98.0 cm³/mol. The summed E-state index contributed by atoms with van der Waals surface area (Å²) in [7, 11) is 4.45. The van der Waals surface area contributed by atoms with E-state index in [1.807, 2.05) is 0 Å². The first-order valence-corrected chi connectivity index (χ1v) is 8.61. The highest BCUT2D eigenvalue weighted by molar-refractivity contribution is 7.22. The van der Waals surface area contributed by atoms with Gasteiger partial charge in [-0.2, -0.15) is 0 Å². The molecule has 27 heavy (non-hydrogen) atoms. The van der Waals surface area contributed by atoms with Gasteiger partial charge in [0.05, 0.1) is 32.5 Å². The summed E-state index contributed by atoms with van der Waals surface area (Å²) in [6.07, 6.45) is 0.00346. The van der Waals surface area contributed by atoms with Gasteiger partial charge in [0, 0.05) is 6.07 Å². The lowest BCUT2D eigenvalue weighted by Gasteiger charge is -2.13. The number of benzene rings is 2. The van der Waals surface area contributed by atoms with Gasteiger partial charge in [0.25, 0.3) is 0 Å². The normalized spacial score (nSPS) is 10.7. The van der Waals surface area contributed by atoms with Crippen LogP contribution in [0.3, 0.4) is 0 Å². The average Bonchev–Trinajstić information content (AvgIpc) is 3.03. The van der Waals surface area contributed by atoms with Crippen molar-refractivity contribution >= 4 is 32.6 Å². The lowest BCUT2D eigenvalue weighted by molar-refractivity contribution is -0.115. The molecule has 1 N–H and O–H groups in total. The van der Waals surface area contributed by atoms with Crippen LogP contribution >= 0.6 is 11.3 Å². The summed E-state index contributed by atoms with van der Waals surface area (Å²) in [5.74, 6) is -0.559. The van der Waals surface area contributed by atoms with Crippen molar-refractivity contribution in [3.8, 4) is 17.2 Å². The van der Waals surface area contributed by atoms with Crippen LogP contribution in [0.25, 0.3) is 10.2 Å². The molecule has 0 aliphatic heterocycles. The minimum absolute atomic E-state index is 0.00346. The molecule has 0 bridgehead atoms. The van der Waals surface area contributed by atoms with Gasteiger partial charge in [-0.3, -0.25) is 4.79 Å². The number of methoxy groups -OCH3 is 3. The number of rotatable bonds is 6. The Labute approximate surface area is 157 Å². The van der Waals surface area contributed by atoms with Crippen LogP contribution in [-0.4, -0.2) is 32.2 Å². The molecule has 0 radical (unpaired) electrons. The van der Waals surface area contributed by atoms with Crippen molar-refractivity contribution < 1.29 is 27.8 Å². The van der Waals surface area contributed by atoms with Gasteiger partial charge in [-0.15, -0.1) is 0 Å². The third kappa shape index (κ3) is 3.92. The Morgan fingerprint density at radius 2 is 1.74 bits per heavy atom. The van der Waals surface area contributed by atoms with Crippen LogP contribution in [0, 0.1) is 11.6 Å². The first kappa shape index (κ1) is 18.8. The molecule has 3 aromatic rings. The van der Waals surface area contributed by atoms with Crippen molar-refractivity contribution in [2.24, 2.45) is 0 Å². The predicted octanol–water partition coefficient (Wildman–Crippen LogP) is 3.78. The molecule has 0 saturated carbocycles. The summed E-state index contributed by atoms with van der Waals surface area (Å²) < 4.78 is 43.1. The van der Waals surface area contributed by atoms with Gasteiger partial charge in [0.1, 0.15) is 11.3 Å². The van der Waals surface area contributed by atoms with Crippen LogP contribution in [-0.2, 0) is 11.2 Å². The van der Waals surface area contributed by atoms with Crippen LogP contribution in [0.4, 0.5) is 13.9 Å². The second-order valence-electron chi connectivity index (χ2n) is 5.51. The van der Waals surface area contributed by atoms with Gasteiger partial charge in [-0.25, -0.2) is 13.8 Å². The average molecular weight is 394 g/mol. The number of thiazole rings is 1. The van der Waals surface area contributed by atoms with Gasteiger partial charge in [-0.05, 0) is 23.8 Å². The minimum atomic E-state index is -0.772. The monoisotopic (exact) mass is 394 g/mol. The number of aromatic nitrogens is 1. The van der Waals surface area contributed by atoms with E-state index >= 15 is 0 Å². The Morgan fingerprint density at radius 3 is 2.33 bits per heavy atom. The smallest absolute Gasteiger partial charge is 0.230 e. The van der Waals surface area contributed by atoms with Crippen molar-refractivity contribution in [2.45, 2.75) is 6.42 Å². The van der Waals surface area contributed by atoms with Crippen LogP contribution in [0.1, 0.15) is 5.56 Å². The Hall–Kier alpha value is -2.94.